The van der Waals surface area contributed by atoms with E-state index in [4.69, 9.17) is 14.0 Å². The van der Waals surface area contributed by atoms with Gasteiger partial charge in [0.25, 0.3) is 0 Å². The highest BCUT2D eigenvalue weighted by atomic mass is 16.7. The zero-order valence-electron chi connectivity index (χ0n) is 15.8. The molecule has 0 atom stereocenters. The van der Waals surface area contributed by atoms with Crippen molar-refractivity contribution in [2.75, 3.05) is 27.7 Å². The molecule has 0 unspecified atom stereocenters. The minimum absolute atomic E-state index is 0.605. The third-order valence-corrected chi connectivity index (χ3v) is 3.54. The molecule has 0 aliphatic heterocycles. The first-order valence-corrected chi connectivity index (χ1v) is 8.85. The molecular formula is C20H29BNO3+. The van der Waals surface area contributed by atoms with Crippen molar-refractivity contribution >= 4 is 7.32 Å². The van der Waals surface area contributed by atoms with Gasteiger partial charge in [0, 0.05) is 12.2 Å². The van der Waals surface area contributed by atoms with Gasteiger partial charge in [-0.2, -0.15) is 0 Å². The Bertz CT molecular complexity index is 611. The Morgan fingerprint density at radius 1 is 0.840 bits per heavy atom. The Morgan fingerprint density at radius 2 is 1.44 bits per heavy atom. The number of hydrogen-bond donors (Lipinski definition) is 0. The standard InChI is InChI=1S/C20H29BNO3/c1-5-6-16-23-21(24-19-10-8-7-9-11-19)25-20-14-12-18(13-15-20)17-22(2,3)4/h7-15H,5-6,16-17H2,1-4H3/q+1. The second-order valence-electron chi connectivity index (χ2n) is 7.15. The van der Waals surface area contributed by atoms with Crippen molar-refractivity contribution in [2.24, 2.45) is 0 Å². The van der Waals surface area contributed by atoms with Crippen LogP contribution in [0.15, 0.2) is 54.6 Å². The molecule has 0 spiro atoms. The monoisotopic (exact) mass is 342 g/mol. The van der Waals surface area contributed by atoms with Crippen LogP contribution in [0.2, 0.25) is 0 Å². The molecule has 0 aromatic heterocycles. The lowest BCUT2D eigenvalue weighted by molar-refractivity contribution is -0.884. The highest BCUT2D eigenvalue weighted by molar-refractivity contribution is 6.38. The van der Waals surface area contributed by atoms with Crippen molar-refractivity contribution in [2.45, 2.75) is 26.3 Å². The minimum Gasteiger partial charge on any atom is -0.501 e. The zero-order valence-corrected chi connectivity index (χ0v) is 15.8. The van der Waals surface area contributed by atoms with Crippen molar-refractivity contribution in [1.82, 2.24) is 0 Å². The van der Waals surface area contributed by atoms with Crippen molar-refractivity contribution in [3.8, 4) is 11.5 Å². The van der Waals surface area contributed by atoms with Crippen molar-refractivity contribution in [1.29, 1.82) is 0 Å². The zero-order chi connectivity index (χ0) is 18.1. The summed E-state index contributed by atoms with van der Waals surface area (Å²) in [5.74, 6) is 1.47. The summed E-state index contributed by atoms with van der Waals surface area (Å²) < 4.78 is 18.4. The highest BCUT2D eigenvalue weighted by Gasteiger charge is 2.26. The largest absolute Gasteiger partial charge is 0.788 e. The topological polar surface area (TPSA) is 27.7 Å². The number of benzene rings is 2. The van der Waals surface area contributed by atoms with E-state index in [2.05, 4.69) is 40.2 Å². The first kappa shape index (κ1) is 19.4. The Morgan fingerprint density at radius 3 is 2.00 bits per heavy atom. The van der Waals surface area contributed by atoms with Crippen LogP contribution in [0.5, 0.6) is 11.5 Å². The predicted molar refractivity (Wildman–Crippen MR) is 102 cm³/mol. The summed E-state index contributed by atoms with van der Waals surface area (Å²) in [5, 5.41) is 0. The maximum absolute atomic E-state index is 5.90. The molecule has 2 rings (SSSR count). The third kappa shape index (κ3) is 7.63. The molecule has 0 heterocycles. The van der Waals surface area contributed by atoms with Crippen LogP contribution in [-0.2, 0) is 11.2 Å². The minimum atomic E-state index is -0.752. The lowest BCUT2D eigenvalue weighted by Crippen LogP contribution is -2.34. The fraction of sp³-hybridized carbons (Fsp3) is 0.400. The Hall–Kier alpha value is -1.98. The third-order valence-electron chi connectivity index (χ3n) is 3.54. The molecule has 4 nitrogen and oxygen atoms in total. The average Bonchev–Trinajstić information content (AvgIpc) is 2.56. The van der Waals surface area contributed by atoms with Crippen molar-refractivity contribution < 1.29 is 18.4 Å². The van der Waals surface area contributed by atoms with Crippen LogP contribution in [0, 0.1) is 0 Å². The summed E-state index contributed by atoms with van der Waals surface area (Å²) >= 11 is 0. The molecule has 0 fully saturated rings. The van der Waals surface area contributed by atoms with E-state index in [-0.39, 0.29) is 0 Å². The second kappa shape index (κ2) is 9.49. The molecule has 0 amide bonds. The highest BCUT2D eigenvalue weighted by Crippen LogP contribution is 2.17. The Labute approximate surface area is 152 Å². The molecule has 5 heteroatoms. The van der Waals surface area contributed by atoms with Gasteiger partial charge in [0.05, 0.1) is 21.1 Å². The fourth-order valence-corrected chi connectivity index (χ4v) is 2.36. The van der Waals surface area contributed by atoms with Gasteiger partial charge in [-0.15, -0.1) is 0 Å². The van der Waals surface area contributed by atoms with E-state index in [0.29, 0.717) is 6.61 Å². The molecule has 25 heavy (non-hydrogen) atoms. The second-order valence-corrected chi connectivity index (χ2v) is 7.15. The molecule has 0 aliphatic carbocycles. The van der Waals surface area contributed by atoms with Gasteiger partial charge < -0.3 is 18.4 Å². The molecular weight excluding hydrogens is 313 g/mol. The Balaban J connectivity index is 1.99. The molecule has 2 aromatic rings. The van der Waals surface area contributed by atoms with E-state index in [1.807, 2.05) is 42.5 Å². The van der Waals surface area contributed by atoms with Crippen LogP contribution in [0.3, 0.4) is 0 Å². The van der Waals surface area contributed by atoms with Crippen LogP contribution < -0.4 is 9.31 Å². The van der Waals surface area contributed by atoms with E-state index >= 15 is 0 Å². The normalized spacial score (nSPS) is 11.2. The summed E-state index contributed by atoms with van der Waals surface area (Å²) in [7, 11) is 5.78. The smallest absolute Gasteiger partial charge is 0.501 e. The summed E-state index contributed by atoms with van der Waals surface area (Å²) in [6.45, 7) is 3.70. The lowest BCUT2D eigenvalue weighted by atomic mass is 10.1. The maximum atomic E-state index is 5.90. The average molecular weight is 342 g/mol. The first-order chi connectivity index (χ1) is 12.0. The van der Waals surface area contributed by atoms with Gasteiger partial charge in [-0.1, -0.05) is 31.5 Å². The van der Waals surface area contributed by atoms with E-state index in [1.54, 1.807) is 0 Å². The number of rotatable bonds is 10. The van der Waals surface area contributed by atoms with E-state index < -0.39 is 7.32 Å². The molecule has 0 saturated heterocycles. The van der Waals surface area contributed by atoms with Gasteiger partial charge in [-0.05, 0) is 42.8 Å². The number of unbranched alkanes of at least 4 members (excludes halogenated alkanes) is 1. The van der Waals surface area contributed by atoms with Gasteiger partial charge in [0.15, 0.2) is 0 Å². The SMILES string of the molecule is CCCCOB(Oc1ccccc1)Oc1ccc(C[N+](C)(C)C)cc1. The molecule has 0 N–H and O–H groups in total. The van der Waals surface area contributed by atoms with E-state index in [0.717, 1.165) is 35.4 Å². The van der Waals surface area contributed by atoms with Gasteiger partial charge in [0.2, 0.25) is 0 Å². The van der Waals surface area contributed by atoms with Crippen molar-refractivity contribution in [3.05, 3.63) is 60.2 Å². The van der Waals surface area contributed by atoms with Gasteiger partial charge in [-0.25, -0.2) is 0 Å². The van der Waals surface area contributed by atoms with Crippen molar-refractivity contribution in [3.63, 3.8) is 0 Å². The molecule has 2 aromatic carbocycles. The molecule has 134 valence electrons. The van der Waals surface area contributed by atoms with E-state index in [9.17, 15) is 0 Å². The summed E-state index contributed by atoms with van der Waals surface area (Å²) in [4.78, 5) is 0. The fourth-order valence-electron chi connectivity index (χ4n) is 2.36. The summed E-state index contributed by atoms with van der Waals surface area (Å²) in [6.07, 6.45) is 2.04. The van der Waals surface area contributed by atoms with Crippen LogP contribution in [-0.4, -0.2) is 39.6 Å². The molecule has 0 bridgehead atoms. The van der Waals surface area contributed by atoms with Gasteiger partial charge in [0.1, 0.15) is 18.0 Å². The molecule has 0 saturated carbocycles. The van der Waals surface area contributed by atoms with Gasteiger partial charge >= 0.3 is 7.32 Å². The quantitative estimate of drug-likeness (QED) is 0.369. The van der Waals surface area contributed by atoms with Crippen LogP contribution >= 0.6 is 0 Å². The number of hydrogen-bond acceptors (Lipinski definition) is 3. The maximum Gasteiger partial charge on any atom is 0.788 e. The van der Waals surface area contributed by atoms with E-state index in [1.165, 1.54) is 5.56 Å². The number of quaternary nitrogens is 1. The molecule has 0 radical (unpaired) electrons. The van der Waals surface area contributed by atoms with Crippen LogP contribution in [0.4, 0.5) is 0 Å². The lowest BCUT2D eigenvalue weighted by Gasteiger charge is -2.24. The number of nitrogens with zero attached hydrogens (tertiary/aromatic N) is 1. The summed E-state index contributed by atoms with van der Waals surface area (Å²) in [5.41, 5.74) is 1.27. The number of para-hydroxylation sites is 1. The Kier molecular flexibility index (Phi) is 7.35. The van der Waals surface area contributed by atoms with Crippen LogP contribution in [0.25, 0.3) is 0 Å². The molecule has 0 aliphatic rings. The first-order valence-electron chi connectivity index (χ1n) is 8.85. The predicted octanol–water partition coefficient (Wildman–Crippen LogP) is 4.15. The van der Waals surface area contributed by atoms with Gasteiger partial charge in [-0.3, -0.25) is 0 Å². The van der Waals surface area contributed by atoms with Crippen LogP contribution in [0.1, 0.15) is 25.3 Å². The summed E-state index contributed by atoms with van der Waals surface area (Å²) in [6, 6.07) is 17.7.